The third kappa shape index (κ3) is 3.33. The lowest BCUT2D eigenvalue weighted by atomic mass is 10.1. The normalized spacial score (nSPS) is 12.6. The van der Waals surface area contributed by atoms with E-state index >= 15 is 0 Å². The van der Waals surface area contributed by atoms with Gasteiger partial charge in [0.1, 0.15) is 0 Å². The topological polar surface area (TPSA) is 33.5 Å². The molecule has 0 aromatic heterocycles. The number of hydrogen-bond donors (Lipinski definition) is 2. The van der Waals surface area contributed by atoms with Crippen LogP contribution < -0.4 is 10.2 Å². The molecule has 1 aromatic carbocycles. The summed E-state index contributed by atoms with van der Waals surface area (Å²) >= 11 is 0. The maximum absolute atomic E-state index is 12.2. The van der Waals surface area contributed by atoms with Gasteiger partial charge in [-0.3, -0.25) is 4.79 Å². The Bertz CT molecular complexity index is 391. The zero-order chi connectivity index (χ0) is 13.7. The minimum atomic E-state index is -0.0148. The Balaban J connectivity index is 2.81. The van der Waals surface area contributed by atoms with E-state index in [1.165, 1.54) is 4.90 Å². The Labute approximate surface area is 110 Å². The average Bonchev–Trinajstić information content (AvgIpc) is 2.35. The molecule has 0 aliphatic heterocycles. The Hall–Kier alpha value is -1.35. The minimum Gasteiger partial charge on any atom is -0.325 e. The number of para-hydroxylation sites is 1. The first kappa shape index (κ1) is 14.7. The molecule has 0 bridgehead atoms. The summed E-state index contributed by atoms with van der Waals surface area (Å²) in [6.45, 7) is 12.2. The highest BCUT2D eigenvalue weighted by Crippen LogP contribution is 2.19. The van der Waals surface area contributed by atoms with Crippen molar-refractivity contribution in [1.82, 2.24) is 0 Å². The van der Waals surface area contributed by atoms with E-state index in [4.69, 9.17) is 0 Å². The maximum Gasteiger partial charge on any atom is 0.282 e. The summed E-state index contributed by atoms with van der Waals surface area (Å²) in [5.74, 6) is 0.103. The molecule has 18 heavy (non-hydrogen) atoms. The molecule has 3 nitrogen and oxygen atoms in total. The number of benzene rings is 1. The average molecular weight is 249 g/mol. The van der Waals surface area contributed by atoms with Crippen LogP contribution in [0.5, 0.6) is 0 Å². The van der Waals surface area contributed by atoms with Crippen molar-refractivity contribution in [3.8, 4) is 0 Å². The molecule has 0 aliphatic rings. The quantitative estimate of drug-likeness (QED) is 0.816. The van der Waals surface area contributed by atoms with Crippen LogP contribution in [0.4, 0.5) is 5.69 Å². The summed E-state index contributed by atoms with van der Waals surface area (Å²) < 4.78 is 0. The Kier molecular flexibility index (Phi) is 5.35. The van der Waals surface area contributed by atoms with Gasteiger partial charge in [0, 0.05) is 5.69 Å². The van der Waals surface area contributed by atoms with Crippen molar-refractivity contribution in [2.24, 2.45) is 0 Å². The van der Waals surface area contributed by atoms with Gasteiger partial charge in [-0.25, -0.2) is 0 Å². The lowest BCUT2D eigenvalue weighted by Crippen LogP contribution is -3.16. The van der Waals surface area contributed by atoms with Crippen LogP contribution >= 0.6 is 0 Å². The van der Waals surface area contributed by atoms with Gasteiger partial charge in [0.2, 0.25) is 0 Å². The highest BCUT2D eigenvalue weighted by Gasteiger charge is 2.23. The largest absolute Gasteiger partial charge is 0.325 e. The first-order chi connectivity index (χ1) is 8.51. The van der Waals surface area contributed by atoms with E-state index in [0.717, 1.165) is 29.9 Å². The van der Waals surface area contributed by atoms with Crippen LogP contribution in [0.1, 0.15) is 31.9 Å². The second-order valence-electron chi connectivity index (χ2n) is 4.84. The molecule has 0 spiro atoms. The molecular formula is C15H25N2O+. The van der Waals surface area contributed by atoms with Crippen LogP contribution in [0.15, 0.2) is 18.2 Å². The molecule has 1 amide bonds. The Morgan fingerprint density at radius 3 is 2.17 bits per heavy atom. The predicted octanol–water partition coefficient (Wildman–Crippen LogP) is 1.56. The van der Waals surface area contributed by atoms with E-state index in [0.29, 0.717) is 0 Å². The second kappa shape index (κ2) is 6.55. The van der Waals surface area contributed by atoms with Crippen LogP contribution in [-0.2, 0) is 4.79 Å². The number of quaternary nitrogens is 1. The highest BCUT2D eigenvalue weighted by atomic mass is 16.2. The standard InChI is InChI=1S/C15H24N2O/c1-6-17(7-2)13(5)15(18)16-14-11(3)9-8-10-12(14)4/h8-10,13H,6-7H2,1-5H3,(H,16,18)/p+1/t13-/m1/s1. The number of amides is 1. The molecule has 0 unspecified atom stereocenters. The molecule has 0 aliphatic carbocycles. The van der Waals surface area contributed by atoms with Crippen molar-refractivity contribution in [1.29, 1.82) is 0 Å². The summed E-state index contributed by atoms with van der Waals surface area (Å²) in [5.41, 5.74) is 3.19. The summed E-state index contributed by atoms with van der Waals surface area (Å²) in [6.07, 6.45) is 0. The number of aryl methyl sites for hydroxylation is 2. The van der Waals surface area contributed by atoms with Gasteiger partial charge in [0.05, 0.1) is 13.1 Å². The third-order valence-electron chi connectivity index (χ3n) is 3.64. The SMILES string of the molecule is CC[NH+](CC)[C@H](C)C(=O)Nc1c(C)cccc1C. The second-order valence-corrected chi connectivity index (χ2v) is 4.84. The minimum absolute atomic E-state index is 0.0148. The van der Waals surface area contributed by atoms with Crippen LogP contribution in [0.25, 0.3) is 0 Å². The van der Waals surface area contributed by atoms with Gasteiger partial charge in [0.25, 0.3) is 5.91 Å². The number of rotatable bonds is 5. The van der Waals surface area contributed by atoms with E-state index in [2.05, 4.69) is 19.2 Å². The fourth-order valence-electron chi connectivity index (χ4n) is 2.29. The van der Waals surface area contributed by atoms with Gasteiger partial charge in [-0.05, 0) is 45.7 Å². The maximum atomic E-state index is 12.2. The molecule has 0 saturated carbocycles. The summed E-state index contributed by atoms with van der Waals surface area (Å²) in [4.78, 5) is 13.5. The number of hydrogen-bond acceptors (Lipinski definition) is 1. The summed E-state index contributed by atoms with van der Waals surface area (Å²) in [7, 11) is 0. The number of carbonyl (C=O) groups excluding carboxylic acids is 1. The van der Waals surface area contributed by atoms with Crippen molar-refractivity contribution < 1.29 is 9.69 Å². The van der Waals surface area contributed by atoms with Crippen molar-refractivity contribution in [3.05, 3.63) is 29.3 Å². The van der Waals surface area contributed by atoms with Gasteiger partial charge >= 0.3 is 0 Å². The lowest BCUT2D eigenvalue weighted by molar-refractivity contribution is -0.910. The fraction of sp³-hybridized carbons (Fsp3) is 0.533. The zero-order valence-corrected chi connectivity index (χ0v) is 12.1. The van der Waals surface area contributed by atoms with Crippen molar-refractivity contribution in [3.63, 3.8) is 0 Å². The van der Waals surface area contributed by atoms with Crippen molar-refractivity contribution in [2.75, 3.05) is 18.4 Å². The van der Waals surface area contributed by atoms with Gasteiger partial charge in [-0.1, -0.05) is 18.2 Å². The van der Waals surface area contributed by atoms with Crippen molar-refractivity contribution >= 4 is 11.6 Å². The van der Waals surface area contributed by atoms with Crippen LogP contribution in [0.2, 0.25) is 0 Å². The number of nitrogens with one attached hydrogen (secondary N) is 2. The van der Waals surface area contributed by atoms with E-state index < -0.39 is 0 Å². The van der Waals surface area contributed by atoms with Crippen LogP contribution in [-0.4, -0.2) is 25.0 Å². The molecule has 0 saturated heterocycles. The molecule has 3 heteroatoms. The lowest BCUT2D eigenvalue weighted by Gasteiger charge is -2.23. The molecule has 1 aromatic rings. The fourth-order valence-corrected chi connectivity index (χ4v) is 2.29. The Morgan fingerprint density at radius 2 is 1.72 bits per heavy atom. The highest BCUT2D eigenvalue weighted by molar-refractivity contribution is 5.95. The van der Waals surface area contributed by atoms with E-state index in [9.17, 15) is 4.79 Å². The van der Waals surface area contributed by atoms with E-state index in [-0.39, 0.29) is 11.9 Å². The van der Waals surface area contributed by atoms with Gasteiger partial charge in [-0.2, -0.15) is 0 Å². The molecule has 1 rings (SSSR count). The van der Waals surface area contributed by atoms with Gasteiger partial charge < -0.3 is 10.2 Å². The predicted molar refractivity (Wildman–Crippen MR) is 76.1 cm³/mol. The Morgan fingerprint density at radius 1 is 1.22 bits per heavy atom. The molecule has 2 N–H and O–H groups in total. The summed E-state index contributed by atoms with van der Waals surface area (Å²) in [6, 6.07) is 6.05. The number of carbonyl (C=O) groups is 1. The van der Waals surface area contributed by atoms with Crippen LogP contribution in [0.3, 0.4) is 0 Å². The molecule has 0 heterocycles. The number of anilines is 1. The van der Waals surface area contributed by atoms with Gasteiger partial charge in [-0.15, -0.1) is 0 Å². The number of likely N-dealkylation sites (N-methyl/N-ethyl adjacent to an activating group) is 1. The molecule has 100 valence electrons. The summed E-state index contributed by atoms with van der Waals surface area (Å²) in [5, 5.41) is 3.07. The van der Waals surface area contributed by atoms with Gasteiger partial charge in [0.15, 0.2) is 6.04 Å². The molecule has 0 fully saturated rings. The first-order valence-corrected chi connectivity index (χ1v) is 6.72. The molecule has 1 atom stereocenters. The van der Waals surface area contributed by atoms with Crippen molar-refractivity contribution in [2.45, 2.75) is 40.7 Å². The first-order valence-electron chi connectivity index (χ1n) is 6.72. The zero-order valence-electron chi connectivity index (χ0n) is 12.1. The molecular weight excluding hydrogens is 224 g/mol. The molecule has 0 radical (unpaired) electrons. The van der Waals surface area contributed by atoms with E-state index in [1.807, 2.05) is 39.0 Å². The monoisotopic (exact) mass is 249 g/mol. The van der Waals surface area contributed by atoms with Crippen LogP contribution in [0, 0.1) is 13.8 Å². The smallest absolute Gasteiger partial charge is 0.282 e. The third-order valence-corrected chi connectivity index (χ3v) is 3.64. The van der Waals surface area contributed by atoms with E-state index in [1.54, 1.807) is 0 Å².